The number of nitrogens with one attached hydrogen (secondary N) is 1. The molecule has 0 bridgehead atoms. The van der Waals surface area contributed by atoms with E-state index < -0.39 is 0 Å². The number of hydrogen-bond donors (Lipinski definition) is 1. The number of rotatable bonds is 9. The number of aromatic nitrogens is 2. The van der Waals surface area contributed by atoms with Crippen LogP contribution in [0.5, 0.6) is 17.2 Å². The molecule has 4 rings (SSSR count). The molecule has 1 N–H and O–H groups in total. The second-order valence-corrected chi connectivity index (χ2v) is 9.03. The number of amides is 1. The van der Waals surface area contributed by atoms with Crippen LogP contribution in [0.4, 0.5) is 5.13 Å². The number of anilines is 1. The van der Waals surface area contributed by atoms with Crippen molar-refractivity contribution in [3.05, 3.63) is 75.6 Å². The fourth-order valence-corrected chi connectivity index (χ4v) is 4.46. The van der Waals surface area contributed by atoms with Crippen LogP contribution in [0.1, 0.15) is 16.3 Å². The maximum Gasteiger partial charge on any atom is 0.250 e. The van der Waals surface area contributed by atoms with Crippen molar-refractivity contribution in [2.24, 2.45) is 0 Å². The van der Waals surface area contributed by atoms with Crippen LogP contribution in [0.2, 0.25) is 0 Å². The fraction of sp³-hybridized carbons (Fsp3) is 0.160. The SMILES string of the molecule is COc1ccc(-c2csc(NC(=O)/C=C/c3ccccc3OCc3csc(C)n3)n2)c(OC)c1. The van der Waals surface area contributed by atoms with Crippen molar-refractivity contribution in [3.8, 4) is 28.5 Å². The fourth-order valence-electron chi connectivity index (χ4n) is 3.15. The summed E-state index contributed by atoms with van der Waals surface area (Å²) in [5, 5.41) is 8.15. The molecule has 0 unspecified atom stereocenters. The number of nitrogens with zero attached hydrogens (tertiary/aromatic N) is 2. The molecule has 2 heterocycles. The summed E-state index contributed by atoms with van der Waals surface area (Å²) in [5.41, 5.74) is 3.20. The van der Waals surface area contributed by atoms with E-state index in [1.165, 1.54) is 17.4 Å². The van der Waals surface area contributed by atoms with Crippen LogP contribution in [0, 0.1) is 6.92 Å². The van der Waals surface area contributed by atoms with Crippen molar-refractivity contribution in [2.45, 2.75) is 13.5 Å². The van der Waals surface area contributed by atoms with Crippen molar-refractivity contribution in [1.29, 1.82) is 0 Å². The van der Waals surface area contributed by atoms with E-state index in [-0.39, 0.29) is 5.91 Å². The average molecular weight is 494 g/mol. The summed E-state index contributed by atoms with van der Waals surface area (Å²) < 4.78 is 16.6. The van der Waals surface area contributed by atoms with Gasteiger partial charge in [0, 0.05) is 34.0 Å². The molecule has 0 radical (unpaired) electrons. The lowest BCUT2D eigenvalue weighted by Gasteiger charge is -2.08. The zero-order valence-corrected chi connectivity index (χ0v) is 20.5. The Morgan fingerprint density at radius 1 is 1.03 bits per heavy atom. The molecule has 0 saturated heterocycles. The van der Waals surface area contributed by atoms with Crippen LogP contribution < -0.4 is 19.5 Å². The number of methoxy groups -OCH3 is 2. The Labute approximate surface area is 205 Å². The van der Waals surface area contributed by atoms with E-state index in [0.717, 1.165) is 21.8 Å². The number of hydrogen-bond acceptors (Lipinski definition) is 8. The first-order valence-corrected chi connectivity index (χ1v) is 12.1. The molecule has 0 saturated carbocycles. The molecule has 4 aromatic rings. The predicted octanol–water partition coefficient (Wildman–Crippen LogP) is 5.82. The molecule has 1 amide bonds. The Balaban J connectivity index is 1.41. The number of para-hydroxylation sites is 1. The highest BCUT2D eigenvalue weighted by Crippen LogP contribution is 2.34. The molecule has 2 aromatic heterocycles. The summed E-state index contributed by atoms with van der Waals surface area (Å²) in [5.74, 6) is 1.74. The van der Waals surface area contributed by atoms with E-state index in [1.54, 1.807) is 37.7 Å². The van der Waals surface area contributed by atoms with E-state index in [0.29, 0.717) is 34.7 Å². The highest BCUT2D eigenvalue weighted by Gasteiger charge is 2.12. The van der Waals surface area contributed by atoms with Crippen LogP contribution in [0.3, 0.4) is 0 Å². The molecular weight excluding hydrogens is 470 g/mol. The topological polar surface area (TPSA) is 82.6 Å². The summed E-state index contributed by atoms with van der Waals surface area (Å²) in [4.78, 5) is 21.4. The van der Waals surface area contributed by atoms with Crippen molar-refractivity contribution in [3.63, 3.8) is 0 Å². The molecule has 0 fully saturated rings. The molecule has 7 nitrogen and oxygen atoms in total. The van der Waals surface area contributed by atoms with E-state index in [1.807, 2.05) is 54.1 Å². The molecule has 2 aromatic carbocycles. The van der Waals surface area contributed by atoms with Gasteiger partial charge in [-0.25, -0.2) is 9.97 Å². The molecule has 174 valence electrons. The molecule has 9 heteroatoms. The molecular formula is C25H23N3O4S2. The highest BCUT2D eigenvalue weighted by atomic mass is 32.1. The van der Waals surface area contributed by atoms with Gasteiger partial charge < -0.3 is 14.2 Å². The van der Waals surface area contributed by atoms with E-state index in [2.05, 4.69) is 15.3 Å². The maximum absolute atomic E-state index is 12.5. The maximum atomic E-state index is 12.5. The first-order chi connectivity index (χ1) is 16.6. The average Bonchev–Trinajstić information content (AvgIpc) is 3.50. The number of benzene rings is 2. The standard InChI is InChI=1S/C25H23N3O4S2/c1-16-26-18(14-33-16)13-32-22-7-5-4-6-17(22)8-11-24(29)28-25-27-21(15-34-25)20-10-9-19(30-2)12-23(20)31-3/h4-12,14-15H,13H2,1-3H3,(H,27,28,29)/b11-8+. The van der Waals surface area contributed by atoms with Crippen LogP contribution in [-0.2, 0) is 11.4 Å². The lowest BCUT2D eigenvalue weighted by molar-refractivity contribution is -0.111. The summed E-state index contributed by atoms with van der Waals surface area (Å²) in [7, 11) is 3.20. The Morgan fingerprint density at radius 3 is 2.65 bits per heavy atom. The van der Waals surface area contributed by atoms with Gasteiger partial charge in [-0.15, -0.1) is 22.7 Å². The van der Waals surface area contributed by atoms with Crippen LogP contribution in [-0.4, -0.2) is 30.1 Å². The molecule has 0 atom stereocenters. The molecule has 0 spiro atoms. The lowest BCUT2D eigenvalue weighted by Crippen LogP contribution is -2.07. The number of aryl methyl sites for hydroxylation is 1. The van der Waals surface area contributed by atoms with Gasteiger partial charge in [-0.05, 0) is 31.2 Å². The van der Waals surface area contributed by atoms with Crippen molar-refractivity contribution >= 4 is 39.8 Å². The van der Waals surface area contributed by atoms with Crippen molar-refractivity contribution in [2.75, 3.05) is 19.5 Å². The predicted molar refractivity (Wildman–Crippen MR) is 136 cm³/mol. The number of thiazole rings is 2. The number of carbonyl (C=O) groups is 1. The molecule has 0 aliphatic rings. The zero-order valence-electron chi connectivity index (χ0n) is 18.9. The van der Waals surface area contributed by atoms with Gasteiger partial charge in [0.2, 0.25) is 5.91 Å². The van der Waals surface area contributed by atoms with Crippen molar-refractivity contribution in [1.82, 2.24) is 9.97 Å². The second kappa shape index (κ2) is 11.0. The molecule has 34 heavy (non-hydrogen) atoms. The van der Waals surface area contributed by atoms with E-state index in [9.17, 15) is 4.79 Å². The molecule has 0 aliphatic heterocycles. The quantitative estimate of drug-likeness (QED) is 0.296. The van der Waals surface area contributed by atoms with Gasteiger partial charge in [-0.1, -0.05) is 18.2 Å². The first-order valence-electron chi connectivity index (χ1n) is 10.4. The van der Waals surface area contributed by atoms with Gasteiger partial charge in [0.1, 0.15) is 23.9 Å². The second-order valence-electron chi connectivity index (χ2n) is 7.11. The van der Waals surface area contributed by atoms with Crippen molar-refractivity contribution < 1.29 is 19.0 Å². The number of carbonyl (C=O) groups excluding carboxylic acids is 1. The third-order valence-corrected chi connectivity index (χ3v) is 6.37. The Bertz CT molecular complexity index is 1310. The minimum atomic E-state index is -0.285. The Morgan fingerprint density at radius 2 is 1.88 bits per heavy atom. The van der Waals surface area contributed by atoms with Gasteiger partial charge in [0.15, 0.2) is 5.13 Å². The smallest absolute Gasteiger partial charge is 0.250 e. The Hall–Kier alpha value is -3.69. The molecule has 0 aliphatic carbocycles. The number of ether oxygens (including phenoxy) is 3. The highest BCUT2D eigenvalue weighted by molar-refractivity contribution is 7.14. The lowest BCUT2D eigenvalue weighted by atomic mass is 10.1. The van der Waals surface area contributed by atoms with Gasteiger partial charge in [0.05, 0.1) is 30.6 Å². The van der Waals surface area contributed by atoms with Crippen LogP contribution in [0.15, 0.2) is 59.3 Å². The van der Waals surface area contributed by atoms with Crippen LogP contribution >= 0.6 is 22.7 Å². The first kappa shape index (κ1) is 23.5. The third kappa shape index (κ3) is 5.81. The summed E-state index contributed by atoms with van der Waals surface area (Å²) in [6.07, 6.45) is 3.18. The van der Waals surface area contributed by atoms with Gasteiger partial charge in [-0.3, -0.25) is 10.1 Å². The normalized spacial score (nSPS) is 10.9. The summed E-state index contributed by atoms with van der Waals surface area (Å²) in [6, 6.07) is 13.1. The van der Waals surface area contributed by atoms with Crippen LogP contribution in [0.25, 0.3) is 17.3 Å². The van der Waals surface area contributed by atoms with Gasteiger partial charge >= 0.3 is 0 Å². The van der Waals surface area contributed by atoms with Gasteiger partial charge in [0.25, 0.3) is 0 Å². The third-order valence-electron chi connectivity index (χ3n) is 4.79. The summed E-state index contributed by atoms with van der Waals surface area (Å²) in [6.45, 7) is 2.33. The van der Waals surface area contributed by atoms with Gasteiger partial charge in [-0.2, -0.15) is 0 Å². The van der Waals surface area contributed by atoms with E-state index >= 15 is 0 Å². The monoisotopic (exact) mass is 493 g/mol. The Kier molecular flexibility index (Phi) is 7.56. The minimum absolute atomic E-state index is 0.285. The largest absolute Gasteiger partial charge is 0.497 e. The summed E-state index contributed by atoms with van der Waals surface area (Å²) >= 11 is 2.93. The zero-order chi connectivity index (χ0) is 23.9. The van der Waals surface area contributed by atoms with E-state index in [4.69, 9.17) is 14.2 Å². The minimum Gasteiger partial charge on any atom is -0.497 e.